The molecule has 1 saturated heterocycles. The van der Waals surface area contributed by atoms with E-state index in [1.165, 1.54) is 12.3 Å². The zero-order chi connectivity index (χ0) is 14.5. The van der Waals surface area contributed by atoms with Gasteiger partial charge in [-0.2, -0.15) is 0 Å². The molecule has 7 heteroatoms. The molecule has 0 aliphatic carbocycles. The summed E-state index contributed by atoms with van der Waals surface area (Å²) in [4.78, 5) is 29.3. The van der Waals surface area contributed by atoms with Crippen LogP contribution in [0.15, 0.2) is 12.3 Å². The molecule has 5 nitrogen and oxygen atoms in total. The number of nitrogens with zero attached hydrogens (tertiary/aromatic N) is 2. The first-order valence-corrected chi connectivity index (χ1v) is 7.20. The zero-order valence-electron chi connectivity index (χ0n) is 10.9. The zero-order valence-corrected chi connectivity index (χ0v) is 12.4. The van der Waals surface area contributed by atoms with Crippen molar-refractivity contribution in [2.45, 2.75) is 19.3 Å². The summed E-state index contributed by atoms with van der Waals surface area (Å²) >= 11 is 11.6. The molecule has 0 radical (unpaired) electrons. The van der Waals surface area contributed by atoms with Gasteiger partial charge in [-0.05, 0) is 18.9 Å². The first-order chi connectivity index (χ1) is 9.58. The van der Waals surface area contributed by atoms with Gasteiger partial charge in [0.1, 0.15) is 5.15 Å². The van der Waals surface area contributed by atoms with E-state index in [-0.39, 0.29) is 34.1 Å². The monoisotopic (exact) mass is 315 g/mol. The maximum atomic E-state index is 11.9. The Morgan fingerprint density at radius 3 is 2.70 bits per heavy atom. The van der Waals surface area contributed by atoms with Crippen LogP contribution >= 0.6 is 23.2 Å². The van der Waals surface area contributed by atoms with Crippen LogP contribution in [0, 0.1) is 0 Å². The first-order valence-electron chi connectivity index (χ1n) is 6.45. The molecule has 20 heavy (non-hydrogen) atoms. The van der Waals surface area contributed by atoms with Gasteiger partial charge in [-0.15, -0.1) is 0 Å². The number of likely N-dealkylation sites (tertiary alicyclic amines) is 1. The summed E-state index contributed by atoms with van der Waals surface area (Å²) in [6, 6.07) is 1.40. The average molecular weight is 316 g/mol. The highest BCUT2D eigenvalue weighted by Crippen LogP contribution is 2.17. The lowest BCUT2D eigenvalue weighted by Gasteiger charge is -2.15. The summed E-state index contributed by atoms with van der Waals surface area (Å²) in [6.45, 7) is 1.92. The maximum absolute atomic E-state index is 11.9. The van der Waals surface area contributed by atoms with Crippen molar-refractivity contribution in [1.29, 1.82) is 0 Å². The standard InChI is InChI=1S/C13H15Cl2N3O2/c14-10-8-17-11(15)7-9(10)13(20)16-4-3-12(19)18-5-1-2-6-18/h7-8H,1-6H2,(H,16,20). The fourth-order valence-corrected chi connectivity index (χ4v) is 2.44. The second-order valence-corrected chi connectivity index (χ2v) is 5.38. The SMILES string of the molecule is O=C(NCCC(=O)N1CCCC1)c1cc(Cl)ncc1Cl. The molecule has 0 spiro atoms. The van der Waals surface area contributed by atoms with Crippen molar-refractivity contribution in [3.8, 4) is 0 Å². The Hall–Kier alpha value is -1.33. The first kappa shape index (κ1) is 15.1. The molecule has 0 saturated carbocycles. The summed E-state index contributed by atoms with van der Waals surface area (Å²) in [5.41, 5.74) is 0.264. The predicted molar refractivity (Wildman–Crippen MR) is 77.0 cm³/mol. The Bertz CT molecular complexity index is 516. The molecular formula is C13H15Cl2N3O2. The van der Waals surface area contributed by atoms with Crippen LogP contribution in [0.2, 0.25) is 10.2 Å². The summed E-state index contributed by atoms with van der Waals surface area (Å²) in [7, 11) is 0. The van der Waals surface area contributed by atoms with E-state index in [1.54, 1.807) is 0 Å². The molecule has 1 aliphatic heterocycles. The van der Waals surface area contributed by atoms with Gasteiger partial charge in [-0.25, -0.2) is 4.98 Å². The van der Waals surface area contributed by atoms with Crippen molar-refractivity contribution < 1.29 is 9.59 Å². The van der Waals surface area contributed by atoms with Gasteiger partial charge in [-0.1, -0.05) is 23.2 Å². The van der Waals surface area contributed by atoms with Gasteiger partial charge in [0.2, 0.25) is 5.91 Å². The summed E-state index contributed by atoms with van der Waals surface area (Å²) in [5, 5.41) is 3.10. The van der Waals surface area contributed by atoms with Crippen LogP contribution in [-0.4, -0.2) is 41.3 Å². The van der Waals surface area contributed by atoms with E-state index >= 15 is 0 Å². The number of amides is 2. The lowest BCUT2D eigenvalue weighted by molar-refractivity contribution is -0.129. The number of nitrogens with one attached hydrogen (secondary N) is 1. The third-order valence-electron chi connectivity index (χ3n) is 3.15. The lowest BCUT2D eigenvalue weighted by Crippen LogP contribution is -2.32. The molecule has 1 N–H and O–H groups in total. The molecule has 1 aromatic heterocycles. The molecule has 2 heterocycles. The molecule has 108 valence electrons. The molecule has 2 amide bonds. The minimum Gasteiger partial charge on any atom is -0.351 e. The number of carbonyl (C=O) groups excluding carboxylic acids is 2. The van der Waals surface area contributed by atoms with Gasteiger partial charge in [0.15, 0.2) is 0 Å². The van der Waals surface area contributed by atoms with Gasteiger partial charge >= 0.3 is 0 Å². The number of rotatable bonds is 4. The fourth-order valence-electron chi connectivity index (χ4n) is 2.09. The van der Waals surface area contributed by atoms with Crippen molar-refractivity contribution >= 4 is 35.0 Å². The van der Waals surface area contributed by atoms with Crippen molar-refractivity contribution in [2.75, 3.05) is 19.6 Å². The summed E-state index contributed by atoms with van der Waals surface area (Å²) in [5.74, 6) is -0.282. The molecule has 1 aromatic rings. The second kappa shape index (κ2) is 6.90. The van der Waals surface area contributed by atoms with Crippen LogP contribution in [0.3, 0.4) is 0 Å². The third-order valence-corrected chi connectivity index (χ3v) is 3.66. The van der Waals surface area contributed by atoms with E-state index in [0.717, 1.165) is 25.9 Å². The smallest absolute Gasteiger partial charge is 0.252 e. The molecule has 1 aliphatic rings. The molecule has 0 atom stereocenters. The molecular weight excluding hydrogens is 301 g/mol. The minimum absolute atomic E-state index is 0.0710. The van der Waals surface area contributed by atoms with Crippen molar-refractivity contribution in [3.05, 3.63) is 28.0 Å². The predicted octanol–water partition coefficient (Wildman–Crippen LogP) is 2.13. The van der Waals surface area contributed by atoms with E-state index in [1.807, 2.05) is 4.90 Å². The largest absolute Gasteiger partial charge is 0.351 e. The van der Waals surface area contributed by atoms with Gasteiger partial charge in [-0.3, -0.25) is 9.59 Å². The van der Waals surface area contributed by atoms with Crippen LogP contribution in [0.5, 0.6) is 0 Å². The minimum atomic E-state index is -0.353. The Balaban J connectivity index is 1.83. The number of halogens is 2. The Morgan fingerprint density at radius 1 is 1.30 bits per heavy atom. The topological polar surface area (TPSA) is 62.3 Å². The Morgan fingerprint density at radius 2 is 2.00 bits per heavy atom. The number of hydrogen-bond donors (Lipinski definition) is 1. The molecule has 0 aromatic carbocycles. The van der Waals surface area contributed by atoms with Crippen LogP contribution in [-0.2, 0) is 4.79 Å². The van der Waals surface area contributed by atoms with Crippen molar-refractivity contribution in [3.63, 3.8) is 0 Å². The van der Waals surface area contributed by atoms with E-state index in [0.29, 0.717) is 6.42 Å². The van der Waals surface area contributed by atoms with Gasteiger partial charge in [0.25, 0.3) is 5.91 Å². The van der Waals surface area contributed by atoms with E-state index in [4.69, 9.17) is 23.2 Å². The molecule has 2 rings (SSSR count). The van der Waals surface area contributed by atoms with Crippen molar-refractivity contribution in [2.24, 2.45) is 0 Å². The number of carbonyl (C=O) groups is 2. The molecule has 1 fully saturated rings. The highest BCUT2D eigenvalue weighted by molar-refractivity contribution is 6.35. The highest BCUT2D eigenvalue weighted by Gasteiger charge is 2.18. The fraction of sp³-hybridized carbons (Fsp3) is 0.462. The third kappa shape index (κ3) is 3.84. The van der Waals surface area contributed by atoms with Gasteiger partial charge in [0.05, 0.1) is 10.6 Å². The van der Waals surface area contributed by atoms with Crippen LogP contribution in [0.25, 0.3) is 0 Å². The normalized spacial score (nSPS) is 14.4. The van der Waals surface area contributed by atoms with Crippen LogP contribution < -0.4 is 5.32 Å². The van der Waals surface area contributed by atoms with Crippen LogP contribution in [0.1, 0.15) is 29.6 Å². The van der Waals surface area contributed by atoms with Gasteiger partial charge < -0.3 is 10.2 Å². The molecule has 0 unspecified atom stereocenters. The highest BCUT2D eigenvalue weighted by atomic mass is 35.5. The van der Waals surface area contributed by atoms with E-state index in [2.05, 4.69) is 10.3 Å². The number of hydrogen-bond acceptors (Lipinski definition) is 3. The van der Waals surface area contributed by atoms with Crippen LogP contribution in [0.4, 0.5) is 0 Å². The maximum Gasteiger partial charge on any atom is 0.252 e. The lowest BCUT2D eigenvalue weighted by atomic mass is 10.2. The summed E-state index contributed by atoms with van der Waals surface area (Å²) in [6.07, 6.45) is 3.74. The second-order valence-electron chi connectivity index (χ2n) is 4.58. The molecule has 0 bridgehead atoms. The summed E-state index contributed by atoms with van der Waals surface area (Å²) < 4.78 is 0. The quantitative estimate of drug-likeness (QED) is 0.866. The Kier molecular flexibility index (Phi) is 5.20. The van der Waals surface area contributed by atoms with Gasteiger partial charge in [0, 0.05) is 32.3 Å². The van der Waals surface area contributed by atoms with Crippen molar-refractivity contribution in [1.82, 2.24) is 15.2 Å². The Labute approximate surface area is 127 Å². The van der Waals surface area contributed by atoms with E-state index < -0.39 is 0 Å². The number of aromatic nitrogens is 1. The van der Waals surface area contributed by atoms with E-state index in [9.17, 15) is 9.59 Å². The number of pyridine rings is 1. The average Bonchev–Trinajstić information content (AvgIpc) is 2.95.